The van der Waals surface area contributed by atoms with E-state index in [1.807, 2.05) is 18.2 Å². The maximum Gasteiger partial charge on any atom is 0.0853 e. The number of hydrogen-bond donors (Lipinski definition) is 2. The smallest absolute Gasteiger partial charge is 0.0853 e. The molecule has 92 valence electrons. The zero-order valence-corrected chi connectivity index (χ0v) is 10.6. The summed E-state index contributed by atoms with van der Waals surface area (Å²) in [6, 6.07) is 10.2. The second-order valence-corrected chi connectivity index (χ2v) is 4.90. The summed E-state index contributed by atoms with van der Waals surface area (Å²) in [5.41, 5.74) is 3.96. The van der Waals surface area contributed by atoms with Gasteiger partial charge < -0.3 is 10.1 Å². The van der Waals surface area contributed by atoms with Crippen molar-refractivity contribution < 1.29 is 5.11 Å². The Morgan fingerprint density at radius 1 is 1.22 bits per heavy atom. The Balaban J connectivity index is 2.46. The molecular weight excluding hydrogens is 224 g/mol. The zero-order chi connectivity index (χ0) is 12.7. The Labute approximate surface area is 105 Å². The van der Waals surface area contributed by atoms with Crippen molar-refractivity contribution in [3.05, 3.63) is 41.7 Å². The van der Waals surface area contributed by atoms with Gasteiger partial charge in [0.2, 0.25) is 0 Å². The van der Waals surface area contributed by atoms with Gasteiger partial charge in [0.05, 0.1) is 23.5 Å². The molecule has 3 nitrogen and oxygen atoms in total. The predicted octanol–water partition coefficient (Wildman–Crippen LogP) is 3.33. The Bertz CT molecular complexity index is 713. The molecule has 0 fully saturated rings. The minimum Gasteiger partial charge on any atom is -0.390 e. The van der Waals surface area contributed by atoms with Crippen LogP contribution in [0.2, 0.25) is 0 Å². The van der Waals surface area contributed by atoms with Gasteiger partial charge in [-0.25, -0.2) is 0 Å². The summed E-state index contributed by atoms with van der Waals surface area (Å²) < 4.78 is 0. The van der Waals surface area contributed by atoms with Crippen LogP contribution in [0.3, 0.4) is 0 Å². The van der Waals surface area contributed by atoms with Crippen LogP contribution in [0.4, 0.5) is 0 Å². The number of hydrogen-bond acceptors (Lipinski definition) is 2. The fourth-order valence-electron chi connectivity index (χ4n) is 2.42. The second kappa shape index (κ2) is 4.10. The molecular formula is C15H16N2O. The lowest BCUT2D eigenvalue weighted by molar-refractivity contribution is 0.276. The van der Waals surface area contributed by atoms with Crippen LogP contribution in [0, 0.1) is 0 Å². The van der Waals surface area contributed by atoms with E-state index in [-0.39, 0.29) is 6.61 Å². The quantitative estimate of drug-likeness (QED) is 0.721. The number of aromatic amines is 1. The van der Waals surface area contributed by atoms with E-state index >= 15 is 0 Å². The Kier molecular flexibility index (Phi) is 2.56. The van der Waals surface area contributed by atoms with Gasteiger partial charge in [-0.05, 0) is 18.1 Å². The molecule has 0 aliphatic carbocycles. The van der Waals surface area contributed by atoms with Crippen LogP contribution < -0.4 is 0 Å². The molecule has 2 aromatic heterocycles. The first kappa shape index (κ1) is 11.2. The van der Waals surface area contributed by atoms with Crippen LogP contribution in [-0.2, 0) is 6.61 Å². The third-order valence-corrected chi connectivity index (χ3v) is 3.29. The Hall–Kier alpha value is -1.87. The van der Waals surface area contributed by atoms with Gasteiger partial charge in [-0.2, -0.15) is 0 Å². The molecule has 0 aliphatic heterocycles. The van der Waals surface area contributed by atoms with Crippen molar-refractivity contribution in [2.24, 2.45) is 0 Å². The number of benzene rings is 1. The number of H-pyrrole nitrogens is 1. The van der Waals surface area contributed by atoms with Crippen molar-refractivity contribution >= 4 is 21.8 Å². The molecule has 18 heavy (non-hydrogen) atoms. The summed E-state index contributed by atoms with van der Waals surface area (Å²) in [5.74, 6) is 0.326. The van der Waals surface area contributed by atoms with Crippen molar-refractivity contribution in [1.82, 2.24) is 9.97 Å². The van der Waals surface area contributed by atoms with E-state index in [4.69, 9.17) is 0 Å². The highest BCUT2D eigenvalue weighted by Crippen LogP contribution is 2.30. The van der Waals surface area contributed by atoms with E-state index in [1.54, 1.807) is 0 Å². The van der Waals surface area contributed by atoms with Crippen LogP contribution in [0.15, 0.2) is 30.3 Å². The third kappa shape index (κ3) is 1.59. The molecule has 0 aliphatic rings. The highest BCUT2D eigenvalue weighted by molar-refractivity contribution is 6.08. The zero-order valence-electron chi connectivity index (χ0n) is 10.6. The molecule has 0 spiro atoms. The number of pyridine rings is 1. The molecule has 2 N–H and O–H groups in total. The first-order chi connectivity index (χ1) is 8.70. The van der Waals surface area contributed by atoms with Gasteiger partial charge in [0, 0.05) is 16.3 Å². The predicted molar refractivity (Wildman–Crippen MR) is 73.6 cm³/mol. The fourth-order valence-corrected chi connectivity index (χ4v) is 2.42. The third-order valence-electron chi connectivity index (χ3n) is 3.29. The van der Waals surface area contributed by atoms with Gasteiger partial charge in [-0.1, -0.05) is 32.0 Å². The van der Waals surface area contributed by atoms with Gasteiger partial charge >= 0.3 is 0 Å². The number of aromatic nitrogens is 2. The molecule has 0 atom stereocenters. The van der Waals surface area contributed by atoms with Crippen molar-refractivity contribution in [1.29, 1.82) is 0 Å². The summed E-state index contributed by atoms with van der Waals surface area (Å²) in [5, 5.41) is 11.7. The molecule has 1 aromatic carbocycles. The molecule has 2 heterocycles. The number of fused-ring (bicyclic) bond motifs is 3. The SMILES string of the molecule is CC(C)c1nc(CO)cc2c1[nH]c1ccccc12. The van der Waals surface area contributed by atoms with Gasteiger partial charge in [0.25, 0.3) is 0 Å². The fraction of sp³-hybridized carbons (Fsp3) is 0.267. The van der Waals surface area contributed by atoms with Crippen LogP contribution in [-0.4, -0.2) is 15.1 Å². The summed E-state index contributed by atoms with van der Waals surface area (Å²) in [6.45, 7) is 4.22. The molecule has 0 saturated heterocycles. The van der Waals surface area contributed by atoms with Gasteiger partial charge in [-0.15, -0.1) is 0 Å². The molecule has 3 heteroatoms. The molecule has 0 bridgehead atoms. The standard InChI is InChI=1S/C15H16N2O/c1-9(2)14-15-12(7-10(8-18)16-14)11-5-3-4-6-13(11)17-15/h3-7,9,17-18H,8H2,1-2H3. The molecule has 0 unspecified atom stereocenters. The lowest BCUT2D eigenvalue weighted by Gasteiger charge is -2.08. The van der Waals surface area contributed by atoms with Crippen molar-refractivity contribution in [3.63, 3.8) is 0 Å². The van der Waals surface area contributed by atoms with Crippen LogP contribution in [0.5, 0.6) is 0 Å². The van der Waals surface area contributed by atoms with E-state index < -0.39 is 0 Å². The van der Waals surface area contributed by atoms with Crippen LogP contribution in [0.1, 0.15) is 31.2 Å². The highest BCUT2D eigenvalue weighted by Gasteiger charge is 2.13. The van der Waals surface area contributed by atoms with E-state index in [2.05, 4.69) is 35.9 Å². The van der Waals surface area contributed by atoms with Crippen molar-refractivity contribution in [2.45, 2.75) is 26.4 Å². The number of rotatable bonds is 2. The topological polar surface area (TPSA) is 48.9 Å². The minimum atomic E-state index is -0.0187. The molecule has 0 amide bonds. The molecule has 0 saturated carbocycles. The lowest BCUT2D eigenvalue weighted by atomic mass is 10.1. The number of nitrogens with one attached hydrogen (secondary N) is 1. The van der Waals surface area contributed by atoms with Gasteiger partial charge in [0.1, 0.15) is 0 Å². The van der Waals surface area contributed by atoms with E-state index in [0.717, 1.165) is 27.8 Å². The van der Waals surface area contributed by atoms with Crippen LogP contribution >= 0.6 is 0 Å². The van der Waals surface area contributed by atoms with Gasteiger partial charge in [-0.3, -0.25) is 4.98 Å². The van der Waals surface area contributed by atoms with Crippen molar-refractivity contribution in [2.75, 3.05) is 0 Å². The van der Waals surface area contributed by atoms with E-state index in [9.17, 15) is 5.11 Å². The Morgan fingerprint density at radius 3 is 2.72 bits per heavy atom. The highest BCUT2D eigenvalue weighted by atomic mass is 16.3. The molecule has 3 aromatic rings. The average Bonchev–Trinajstić information content (AvgIpc) is 2.75. The maximum atomic E-state index is 9.34. The largest absolute Gasteiger partial charge is 0.390 e. The monoisotopic (exact) mass is 240 g/mol. The van der Waals surface area contributed by atoms with Crippen molar-refractivity contribution in [3.8, 4) is 0 Å². The summed E-state index contributed by atoms with van der Waals surface area (Å²) >= 11 is 0. The summed E-state index contributed by atoms with van der Waals surface area (Å²) in [7, 11) is 0. The normalized spacial score (nSPS) is 11.8. The summed E-state index contributed by atoms with van der Waals surface area (Å²) in [4.78, 5) is 7.97. The van der Waals surface area contributed by atoms with Crippen LogP contribution in [0.25, 0.3) is 21.8 Å². The number of para-hydroxylation sites is 1. The van der Waals surface area contributed by atoms with E-state index in [0.29, 0.717) is 5.92 Å². The van der Waals surface area contributed by atoms with Gasteiger partial charge in [0.15, 0.2) is 0 Å². The number of aliphatic hydroxyl groups excluding tert-OH is 1. The molecule has 3 rings (SSSR count). The number of nitrogens with zero attached hydrogens (tertiary/aromatic N) is 1. The maximum absolute atomic E-state index is 9.34. The number of aliphatic hydroxyl groups is 1. The molecule has 0 radical (unpaired) electrons. The van der Waals surface area contributed by atoms with E-state index in [1.165, 1.54) is 5.39 Å². The lowest BCUT2D eigenvalue weighted by Crippen LogP contribution is -1.98. The first-order valence-corrected chi connectivity index (χ1v) is 6.22. The summed E-state index contributed by atoms with van der Waals surface area (Å²) in [6.07, 6.45) is 0. The first-order valence-electron chi connectivity index (χ1n) is 6.22. The average molecular weight is 240 g/mol. The minimum absolute atomic E-state index is 0.0187. The second-order valence-electron chi connectivity index (χ2n) is 4.90. The Morgan fingerprint density at radius 2 is 2.00 bits per heavy atom.